The van der Waals surface area contributed by atoms with E-state index in [4.69, 9.17) is 0 Å². The fourth-order valence-corrected chi connectivity index (χ4v) is 5.32. The van der Waals surface area contributed by atoms with E-state index in [0.717, 1.165) is 62.0 Å². The summed E-state index contributed by atoms with van der Waals surface area (Å²) in [5.74, 6) is 0. The van der Waals surface area contributed by atoms with E-state index >= 15 is 0 Å². The summed E-state index contributed by atoms with van der Waals surface area (Å²) in [7, 11) is 0. The van der Waals surface area contributed by atoms with E-state index < -0.39 is 0 Å². The van der Waals surface area contributed by atoms with E-state index in [1.165, 1.54) is 44.5 Å². The first-order valence-electron chi connectivity index (χ1n) is 14.1. The van der Waals surface area contributed by atoms with E-state index in [1.807, 2.05) is 42.7 Å². The van der Waals surface area contributed by atoms with Crippen LogP contribution in [0, 0.1) is 6.92 Å². The largest absolute Gasteiger partial charge is 0.357 e. The van der Waals surface area contributed by atoms with Gasteiger partial charge in [-0.1, -0.05) is 37.5 Å². The third-order valence-corrected chi connectivity index (χ3v) is 7.57. The molecule has 2 N–H and O–H groups in total. The number of H-pyrrole nitrogens is 2. The highest BCUT2D eigenvalue weighted by Crippen LogP contribution is 2.28. The normalized spacial score (nSPS) is 15.2. The van der Waals surface area contributed by atoms with Crippen molar-refractivity contribution < 1.29 is 0 Å². The average molecular weight is 531 g/mol. The molecule has 1 aliphatic rings. The molecule has 5 heterocycles. The molecule has 6 heteroatoms. The highest BCUT2D eigenvalue weighted by molar-refractivity contribution is 5.82. The predicted octanol–water partition coefficient (Wildman–Crippen LogP) is 5.44. The minimum absolute atomic E-state index is 0.798. The third kappa shape index (κ3) is 6.29. The van der Waals surface area contributed by atoms with Gasteiger partial charge in [-0.25, -0.2) is 0 Å². The lowest BCUT2D eigenvalue weighted by Gasteiger charge is -2.14. The molecular weight excluding hydrogens is 492 g/mol. The Morgan fingerprint density at radius 2 is 1.98 bits per heavy atom. The molecule has 1 fully saturated rings. The van der Waals surface area contributed by atoms with Crippen LogP contribution in [0.3, 0.4) is 0 Å². The second-order valence-electron chi connectivity index (χ2n) is 10.5. The SMILES string of the molecule is C=C/C=C(/c1ccccn1)c1cc(-c2n[nH]/c(=C/C=C(\C)c3cncc(CCCN4CCCC4)c3)c2=C)[nH]c1C. The topological polar surface area (TPSA) is 73.5 Å². The Balaban J connectivity index is 1.34. The first-order valence-corrected chi connectivity index (χ1v) is 14.1. The van der Waals surface area contributed by atoms with Gasteiger partial charge in [0.05, 0.1) is 16.7 Å². The summed E-state index contributed by atoms with van der Waals surface area (Å²) < 4.78 is 0. The molecule has 1 aliphatic heterocycles. The van der Waals surface area contributed by atoms with Gasteiger partial charge in [0.2, 0.25) is 0 Å². The quantitative estimate of drug-likeness (QED) is 0.268. The lowest BCUT2D eigenvalue weighted by molar-refractivity contribution is 0.334. The van der Waals surface area contributed by atoms with Gasteiger partial charge in [-0.3, -0.25) is 15.1 Å². The number of hydrogen-bond acceptors (Lipinski definition) is 4. The fourth-order valence-electron chi connectivity index (χ4n) is 5.32. The molecule has 0 atom stereocenters. The molecule has 0 saturated carbocycles. The van der Waals surface area contributed by atoms with Crippen LogP contribution in [0.2, 0.25) is 0 Å². The number of allylic oxidation sites excluding steroid dienone is 4. The van der Waals surface area contributed by atoms with Crippen LogP contribution in [0.25, 0.3) is 35.2 Å². The summed E-state index contributed by atoms with van der Waals surface area (Å²) in [6.45, 7) is 16.1. The summed E-state index contributed by atoms with van der Waals surface area (Å²) in [6.07, 6.45) is 18.6. The Kier molecular flexibility index (Phi) is 8.67. The second-order valence-corrected chi connectivity index (χ2v) is 10.5. The summed E-state index contributed by atoms with van der Waals surface area (Å²) in [6, 6.07) is 10.3. The van der Waals surface area contributed by atoms with E-state index in [2.05, 4.69) is 75.3 Å². The van der Waals surface area contributed by atoms with Gasteiger partial charge in [0.25, 0.3) is 0 Å². The Hall–Kier alpha value is -4.29. The summed E-state index contributed by atoms with van der Waals surface area (Å²) >= 11 is 0. The van der Waals surface area contributed by atoms with Crippen LogP contribution in [0.5, 0.6) is 0 Å². The molecule has 4 aromatic rings. The van der Waals surface area contributed by atoms with Crippen LogP contribution >= 0.6 is 0 Å². The summed E-state index contributed by atoms with van der Waals surface area (Å²) in [4.78, 5) is 15.1. The van der Waals surface area contributed by atoms with Crippen molar-refractivity contribution >= 4 is 23.8 Å². The number of aromatic nitrogens is 5. The molecule has 5 rings (SSSR count). The van der Waals surface area contributed by atoms with Gasteiger partial charge in [0, 0.05) is 40.6 Å². The number of aromatic amines is 2. The zero-order valence-corrected chi connectivity index (χ0v) is 23.6. The molecule has 6 nitrogen and oxygen atoms in total. The second kappa shape index (κ2) is 12.7. The van der Waals surface area contributed by atoms with Crippen LogP contribution in [0.4, 0.5) is 0 Å². The van der Waals surface area contributed by atoms with Crippen molar-refractivity contribution in [3.63, 3.8) is 0 Å². The van der Waals surface area contributed by atoms with Gasteiger partial charge < -0.3 is 9.88 Å². The highest BCUT2D eigenvalue weighted by Gasteiger charge is 2.15. The fraction of sp³-hybridized carbons (Fsp3) is 0.265. The lowest BCUT2D eigenvalue weighted by atomic mass is 10.0. The molecule has 0 unspecified atom stereocenters. The Morgan fingerprint density at radius 1 is 1.12 bits per heavy atom. The summed E-state index contributed by atoms with van der Waals surface area (Å²) in [5.41, 5.74) is 9.28. The highest BCUT2D eigenvalue weighted by atomic mass is 15.1. The smallest absolute Gasteiger partial charge is 0.116 e. The van der Waals surface area contributed by atoms with E-state index in [9.17, 15) is 0 Å². The van der Waals surface area contributed by atoms with E-state index in [1.54, 1.807) is 12.3 Å². The number of pyridine rings is 2. The molecule has 1 saturated heterocycles. The van der Waals surface area contributed by atoms with Crippen LogP contribution in [0.15, 0.2) is 73.7 Å². The monoisotopic (exact) mass is 530 g/mol. The molecule has 204 valence electrons. The van der Waals surface area contributed by atoms with E-state index in [-0.39, 0.29) is 0 Å². The van der Waals surface area contributed by atoms with Gasteiger partial charge in [0.15, 0.2) is 0 Å². The molecule has 0 spiro atoms. The van der Waals surface area contributed by atoms with Crippen molar-refractivity contribution in [3.8, 4) is 11.4 Å². The third-order valence-electron chi connectivity index (χ3n) is 7.57. The number of aryl methyl sites for hydroxylation is 2. The van der Waals surface area contributed by atoms with Crippen molar-refractivity contribution in [2.45, 2.75) is 39.5 Å². The van der Waals surface area contributed by atoms with Crippen molar-refractivity contribution in [1.29, 1.82) is 0 Å². The number of rotatable bonds is 10. The molecule has 0 aromatic carbocycles. The maximum Gasteiger partial charge on any atom is 0.116 e. The summed E-state index contributed by atoms with van der Waals surface area (Å²) in [5, 5.41) is 9.49. The lowest BCUT2D eigenvalue weighted by Crippen LogP contribution is -2.21. The molecule has 40 heavy (non-hydrogen) atoms. The molecule has 0 aliphatic carbocycles. The van der Waals surface area contributed by atoms with Gasteiger partial charge in [0.1, 0.15) is 5.69 Å². The van der Waals surface area contributed by atoms with Gasteiger partial charge in [-0.15, -0.1) is 0 Å². The minimum Gasteiger partial charge on any atom is -0.357 e. The van der Waals surface area contributed by atoms with Crippen molar-refractivity contribution in [1.82, 2.24) is 30.0 Å². The van der Waals surface area contributed by atoms with Crippen LogP contribution in [0.1, 0.15) is 54.3 Å². The molecule has 0 amide bonds. The number of nitrogens with zero attached hydrogens (tertiary/aromatic N) is 4. The van der Waals surface area contributed by atoms with Crippen LogP contribution in [-0.4, -0.2) is 49.7 Å². The van der Waals surface area contributed by atoms with Gasteiger partial charge in [-0.2, -0.15) is 5.10 Å². The van der Waals surface area contributed by atoms with Crippen molar-refractivity contribution in [2.75, 3.05) is 19.6 Å². The van der Waals surface area contributed by atoms with E-state index in [0.29, 0.717) is 0 Å². The molecule has 4 aromatic heterocycles. The molecule has 0 bridgehead atoms. The zero-order chi connectivity index (χ0) is 27.9. The maximum atomic E-state index is 4.60. The predicted molar refractivity (Wildman–Crippen MR) is 166 cm³/mol. The average Bonchev–Trinajstić information content (AvgIpc) is 3.72. The number of likely N-dealkylation sites (tertiary alicyclic amines) is 1. The molecular formula is C34H38N6. The standard InChI is InChI=1S/C34H38N6/c1-5-11-29(32-13-6-7-16-36-32)30-21-33(37-26(30)4)34-25(3)31(38-39-34)15-14-24(2)28-20-27(22-35-23-28)12-10-19-40-17-8-9-18-40/h5-7,11,13-16,20-23,37-38H,1,3,8-10,12,17-19H2,2,4H3/b24-14+,29-11+,31-15+. The van der Waals surface area contributed by atoms with Crippen LogP contribution in [-0.2, 0) is 6.42 Å². The first-order chi connectivity index (χ1) is 19.5. The van der Waals surface area contributed by atoms with Crippen LogP contribution < -0.4 is 10.6 Å². The number of nitrogens with one attached hydrogen (secondary N) is 2. The van der Waals surface area contributed by atoms with Crippen molar-refractivity contribution in [2.24, 2.45) is 0 Å². The Morgan fingerprint density at radius 3 is 2.75 bits per heavy atom. The molecule has 0 radical (unpaired) electrons. The van der Waals surface area contributed by atoms with Crippen molar-refractivity contribution in [3.05, 3.63) is 112 Å². The minimum atomic E-state index is 0.798. The zero-order valence-electron chi connectivity index (χ0n) is 23.6. The number of hydrogen-bond donors (Lipinski definition) is 2. The first kappa shape index (κ1) is 27.3. The maximum absolute atomic E-state index is 4.60. The Labute approximate surface area is 236 Å². The van der Waals surface area contributed by atoms with Gasteiger partial charge in [-0.05, 0) is 106 Å². The van der Waals surface area contributed by atoms with Gasteiger partial charge >= 0.3 is 0 Å². The Bertz CT molecular complexity index is 1630.